The van der Waals surface area contributed by atoms with Gasteiger partial charge in [-0.05, 0) is 11.4 Å². The fourth-order valence-electron chi connectivity index (χ4n) is 1.44. The molecule has 0 aliphatic carbocycles. The van der Waals surface area contributed by atoms with E-state index in [1.807, 2.05) is 17.5 Å². The predicted molar refractivity (Wildman–Crippen MR) is 71.1 cm³/mol. The number of nitrogens with two attached hydrogens (primary N) is 1. The molecule has 6 nitrogen and oxygen atoms in total. The lowest BCUT2D eigenvalue weighted by Gasteiger charge is -1.99. The highest BCUT2D eigenvalue weighted by atomic mass is 32.2. The van der Waals surface area contributed by atoms with Crippen molar-refractivity contribution in [2.45, 2.75) is 12.2 Å². The van der Waals surface area contributed by atoms with E-state index in [0.29, 0.717) is 11.6 Å². The molecule has 0 atom stereocenters. The second-order valence-corrected chi connectivity index (χ2v) is 7.06. The molecule has 0 unspecified atom stereocenters. The van der Waals surface area contributed by atoms with E-state index in [2.05, 4.69) is 4.98 Å². The van der Waals surface area contributed by atoms with Crippen molar-refractivity contribution in [2.24, 2.45) is 5.73 Å². The zero-order chi connectivity index (χ0) is 13.9. The van der Waals surface area contributed by atoms with Crippen molar-refractivity contribution in [3.05, 3.63) is 29.5 Å². The molecular weight excluding hydrogens is 288 g/mol. The molecule has 0 saturated carbocycles. The number of nitrogens with zero attached hydrogens (tertiary/aromatic N) is 1. The van der Waals surface area contributed by atoms with Gasteiger partial charge in [0.2, 0.25) is 11.8 Å². The number of hydrogen-bond donors (Lipinski definition) is 1. The van der Waals surface area contributed by atoms with Crippen LogP contribution in [0.1, 0.15) is 12.1 Å². The van der Waals surface area contributed by atoms with Crippen LogP contribution in [0.4, 0.5) is 0 Å². The Hall–Kier alpha value is -1.67. The molecule has 19 heavy (non-hydrogen) atoms. The Kier molecular flexibility index (Phi) is 4.01. The molecule has 2 aromatic rings. The molecule has 0 saturated heterocycles. The Labute approximate surface area is 114 Å². The van der Waals surface area contributed by atoms with E-state index in [9.17, 15) is 13.2 Å². The first-order valence-electron chi connectivity index (χ1n) is 5.43. The monoisotopic (exact) mass is 300 g/mol. The van der Waals surface area contributed by atoms with Gasteiger partial charge in [-0.15, -0.1) is 11.3 Å². The zero-order valence-electron chi connectivity index (χ0n) is 9.90. The fraction of sp³-hybridized carbons (Fsp3) is 0.273. The van der Waals surface area contributed by atoms with Gasteiger partial charge in [0.25, 0.3) is 0 Å². The van der Waals surface area contributed by atoms with Crippen LogP contribution in [-0.2, 0) is 20.4 Å². The lowest BCUT2D eigenvalue weighted by Crippen LogP contribution is -2.18. The molecule has 2 heterocycles. The molecule has 0 spiro atoms. The third-order valence-corrected chi connectivity index (χ3v) is 4.73. The number of primary amides is 1. The molecule has 8 heteroatoms. The minimum absolute atomic E-state index is 0.183. The van der Waals surface area contributed by atoms with Crippen LogP contribution in [0.15, 0.2) is 28.2 Å². The summed E-state index contributed by atoms with van der Waals surface area (Å²) in [7, 11) is -3.41. The summed E-state index contributed by atoms with van der Waals surface area (Å²) in [5.74, 6) is -0.767. The summed E-state index contributed by atoms with van der Waals surface area (Å²) in [5.41, 5.74) is 5.25. The quantitative estimate of drug-likeness (QED) is 0.863. The number of aromatic nitrogens is 1. The lowest BCUT2D eigenvalue weighted by molar-refractivity contribution is -0.117. The molecule has 2 N–H and O–H groups in total. The van der Waals surface area contributed by atoms with E-state index in [0.717, 1.165) is 4.88 Å². The second-order valence-electron chi connectivity index (χ2n) is 3.93. The van der Waals surface area contributed by atoms with Crippen LogP contribution in [-0.4, -0.2) is 25.1 Å². The molecule has 1 amide bonds. The minimum Gasteiger partial charge on any atom is -0.444 e. The zero-order valence-corrected chi connectivity index (χ0v) is 11.5. The molecule has 0 aliphatic rings. The van der Waals surface area contributed by atoms with E-state index in [-0.39, 0.29) is 17.9 Å². The first-order chi connectivity index (χ1) is 8.96. The molecule has 2 aromatic heterocycles. The summed E-state index contributed by atoms with van der Waals surface area (Å²) in [6, 6.07) is 3.69. The molecule has 102 valence electrons. The van der Waals surface area contributed by atoms with Gasteiger partial charge in [-0.3, -0.25) is 4.79 Å². The smallest absolute Gasteiger partial charge is 0.236 e. The lowest BCUT2D eigenvalue weighted by atomic mass is 10.5. The number of sulfone groups is 1. The number of oxazole rings is 1. The topological polar surface area (TPSA) is 103 Å². The number of rotatable bonds is 6. The Morgan fingerprint density at radius 3 is 2.89 bits per heavy atom. The van der Waals surface area contributed by atoms with E-state index in [1.165, 1.54) is 17.6 Å². The number of carbonyl (C=O) groups is 1. The summed E-state index contributed by atoms with van der Waals surface area (Å²) in [6.07, 6.45) is 1.13. The molecule has 0 aliphatic heterocycles. The highest BCUT2D eigenvalue weighted by molar-refractivity contribution is 7.90. The minimum atomic E-state index is -3.41. The summed E-state index contributed by atoms with van der Waals surface area (Å²) in [6.45, 7) is 0. The third-order valence-electron chi connectivity index (χ3n) is 2.31. The van der Waals surface area contributed by atoms with Crippen molar-refractivity contribution in [2.75, 3.05) is 5.75 Å². The van der Waals surface area contributed by atoms with E-state index in [4.69, 9.17) is 10.2 Å². The van der Waals surface area contributed by atoms with Crippen molar-refractivity contribution in [1.29, 1.82) is 0 Å². The van der Waals surface area contributed by atoms with Gasteiger partial charge < -0.3 is 10.2 Å². The van der Waals surface area contributed by atoms with E-state index >= 15 is 0 Å². The average Bonchev–Trinajstić information content (AvgIpc) is 2.95. The number of hydrogen-bond acceptors (Lipinski definition) is 6. The van der Waals surface area contributed by atoms with Gasteiger partial charge in [0.15, 0.2) is 9.84 Å². The summed E-state index contributed by atoms with van der Waals surface area (Å²) >= 11 is 1.45. The first-order valence-corrected chi connectivity index (χ1v) is 8.13. The van der Waals surface area contributed by atoms with Crippen molar-refractivity contribution < 1.29 is 17.6 Å². The number of amides is 1. The van der Waals surface area contributed by atoms with Crippen LogP contribution in [0.25, 0.3) is 10.8 Å². The molecule has 2 rings (SSSR count). The van der Waals surface area contributed by atoms with Crippen LogP contribution >= 0.6 is 11.3 Å². The largest absolute Gasteiger partial charge is 0.444 e. The van der Waals surface area contributed by atoms with Gasteiger partial charge in [0.05, 0.1) is 22.1 Å². The maximum absolute atomic E-state index is 11.7. The second kappa shape index (κ2) is 5.54. The standard InChI is InChI=1S/C11H12N2O4S2/c12-10(14)3-5-19(15,16)7-8-6-17-11(13-8)9-2-1-4-18-9/h1-2,4,6H,3,5,7H2,(H2,12,14). The average molecular weight is 300 g/mol. The predicted octanol–water partition coefficient (Wildman–Crippen LogP) is 1.19. The van der Waals surface area contributed by atoms with Crippen LogP contribution in [0.3, 0.4) is 0 Å². The Morgan fingerprint density at radius 2 is 2.26 bits per heavy atom. The molecule has 0 bridgehead atoms. The molecule has 0 fully saturated rings. The summed E-state index contributed by atoms with van der Waals surface area (Å²) < 4.78 is 28.7. The Morgan fingerprint density at radius 1 is 1.47 bits per heavy atom. The van der Waals surface area contributed by atoms with Gasteiger partial charge in [0.1, 0.15) is 6.26 Å². The van der Waals surface area contributed by atoms with Crippen LogP contribution in [0.2, 0.25) is 0 Å². The van der Waals surface area contributed by atoms with Crippen molar-refractivity contribution in [3.63, 3.8) is 0 Å². The third kappa shape index (κ3) is 3.90. The van der Waals surface area contributed by atoms with Crippen LogP contribution in [0, 0.1) is 0 Å². The van der Waals surface area contributed by atoms with Crippen LogP contribution in [0.5, 0.6) is 0 Å². The summed E-state index contributed by atoms with van der Waals surface area (Å²) in [5, 5.41) is 1.88. The number of thiophene rings is 1. The van der Waals surface area contributed by atoms with Crippen molar-refractivity contribution >= 4 is 27.1 Å². The number of carbonyl (C=O) groups excluding carboxylic acids is 1. The highest BCUT2D eigenvalue weighted by Crippen LogP contribution is 2.24. The maximum Gasteiger partial charge on any atom is 0.236 e. The summed E-state index contributed by atoms with van der Waals surface area (Å²) in [4.78, 5) is 15.5. The maximum atomic E-state index is 11.7. The van der Waals surface area contributed by atoms with Gasteiger partial charge in [0, 0.05) is 6.42 Å². The Balaban J connectivity index is 2.06. The van der Waals surface area contributed by atoms with E-state index < -0.39 is 15.7 Å². The van der Waals surface area contributed by atoms with Gasteiger partial charge in [-0.25, -0.2) is 13.4 Å². The fourth-order valence-corrected chi connectivity index (χ4v) is 3.34. The van der Waals surface area contributed by atoms with Crippen molar-refractivity contribution in [1.82, 2.24) is 4.98 Å². The Bertz CT molecular complexity index is 659. The molecule has 0 radical (unpaired) electrons. The highest BCUT2D eigenvalue weighted by Gasteiger charge is 2.17. The van der Waals surface area contributed by atoms with E-state index in [1.54, 1.807) is 0 Å². The SMILES string of the molecule is NC(=O)CCS(=O)(=O)Cc1coc(-c2cccs2)n1. The normalized spacial score (nSPS) is 11.6. The van der Waals surface area contributed by atoms with Crippen molar-refractivity contribution in [3.8, 4) is 10.8 Å². The molecular formula is C11H12N2O4S2. The van der Waals surface area contributed by atoms with Gasteiger partial charge in [-0.1, -0.05) is 6.07 Å². The molecule has 0 aromatic carbocycles. The van der Waals surface area contributed by atoms with Gasteiger partial charge >= 0.3 is 0 Å². The first kappa shape index (κ1) is 13.8. The van der Waals surface area contributed by atoms with Crippen LogP contribution < -0.4 is 5.73 Å². The van der Waals surface area contributed by atoms with Gasteiger partial charge in [-0.2, -0.15) is 0 Å².